The Hall–Kier alpha value is -8.02. The first-order chi connectivity index (χ1) is 29.3. The fourth-order valence-electron chi connectivity index (χ4n) is 8.89. The van der Waals surface area contributed by atoms with Crippen LogP contribution in [0.25, 0.3) is 60.6 Å². The Balaban J connectivity index is 0.950. The molecule has 0 saturated carbocycles. The van der Waals surface area contributed by atoms with Gasteiger partial charge in [0, 0.05) is 44.3 Å². The van der Waals surface area contributed by atoms with E-state index in [-0.39, 0.29) is 0 Å². The van der Waals surface area contributed by atoms with E-state index in [0.717, 1.165) is 95.4 Å². The average molecular weight is 758 g/mol. The van der Waals surface area contributed by atoms with Gasteiger partial charge in [-0.15, -0.1) is 0 Å². The summed E-state index contributed by atoms with van der Waals surface area (Å²) in [7, 11) is 0. The number of ether oxygens (including phenoxy) is 1. The van der Waals surface area contributed by atoms with Crippen LogP contribution < -0.4 is 14.5 Å². The van der Waals surface area contributed by atoms with Crippen LogP contribution in [-0.2, 0) is 0 Å². The highest BCUT2D eigenvalue weighted by atomic mass is 16.5. The van der Waals surface area contributed by atoms with E-state index in [9.17, 15) is 0 Å². The van der Waals surface area contributed by atoms with E-state index in [1.807, 2.05) is 24.3 Å². The lowest BCUT2D eigenvalue weighted by Gasteiger charge is -2.33. The molecular weight excluding hydrogens is 723 g/mol. The molecule has 0 N–H and O–H groups in total. The van der Waals surface area contributed by atoms with Crippen molar-refractivity contribution >= 4 is 77.9 Å². The van der Waals surface area contributed by atoms with Crippen molar-refractivity contribution in [2.45, 2.75) is 0 Å². The lowest BCUT2D eigenvalue weighted by atomic mass is 10.0. The lowest BCUT2D eigenvalue weighted by Crippen LogP contribution is -2.16. The molecule has 278 valence electrons. The molecule has 9 aromatic carbocycles. The predicted octanol–water partition coefficient (Wildman–Crippen LogP) is 15.4. The number of fused-ring (bicyclic) bond motifs is 8. The molecule has 0 atom stereocenters. The third-order valence-electron chi connectivity index (χ3n) is 11.6. The van der Waals surface area contributed by atoms with E-state index in [2.05, 4.69) is 202 Å². The fraction of sp³-hybridized carbons (Fsp3) is 0. The van der Waals surface area contributed by atoms with Gasteiger partial charge in [0.15, 0.2) is 17.1 Å². The minimum atomic E-state index is 0.789. The Morgan fingerprint density at radius 3 is 1.78 bits per heavy atom. The van der Waals surface area contributed by atoms with Crippen LogP contribution in [0.5, 0.6) is 11.5 Å². The lowest BCUT2D eigenvalue weighted by molar-refractivity contribution is 0.477. The van der Waals surface area contributed by atoms with Crippen molar-refractivity contribution in [2.75, 3.05) is 9.80 Å². The largest absolute Gasteiger partial charge is 0.454 e. The van der Waals surface area contributed by atoms with E-state index >= 15 is 0 Å². The van der Waals surface area contributed by atoms with Gasteiger partial charge in [-0.25, -0.2) is 0 Å². The number of furan rings is 1. The monoisotopic (exact) mass is 757 g/mol. The maximum absolute atomic E-state index is 6.68. The number of hydrogen-bond acceptors (Lipinski definition) is 4. The van der Waals surface area contributed by atoms with Crippen LogP contribution in [-0.4, -0.2) is 4.57 Å². The van der Waals surface area contributed by atoms with Crippen molar-refractivity contribution in [1.82, 2.24) is 4.57 Å². The highest BCUT2D eigenvalue weighted by Gasteiger charge is 2.29. The first kappa shape index (κ1) is 33.2. The van der Waals surface area contributed by atoms with Crippen LogP contribution in [0, 0.1) is 0 Å². The molecule has 0 amide bonds. The van der Waals surface area contributed by atoms with E-state index in [4.69, 9.17) is 9.15 Å². The smallest absolute Gasteiger partial charge is 0.159 e. The van der Waals surface area contributed by atoms with Crippen molar-refractivity contribution in [3.8, 4) is 28.3 Å². The van der Waals surface area contributed by atoms with Gasteiger partial charge in [-0.1, -0.05) is 109 Å². The summed E-state index contributed by atoms with van der Waals surface area (Å²) in [4.78, 5) is 4.56. The zero-order valence-electron chi connectivity index (χ0n) is 31.9. The third kappa shape index (κ3) is 5.33. The molecule has 59 heavy (non-hydrogen) atoms. The molecule has 1 aliphatic rings. The Kier molecular flexibility index (Phi) is 7.47. The van der Waals surface area contributed by atoms with Gasteiger partial charge >= 0.3 is 0 Å². The molecule has 0 aliphatic carbocycles. The fourth-order valence-corrected chi connectivity index (χ4v) is 8.89. The first-order valence-electron chi connectivity index (χ1n) is 19.9. The summed E-state index contributed by atoms with van der Waals surface area (Å²) in [5.74, 6) is 1.59. The molecule has 2 aromatic heterocycles. The molecule has 0 saturated heterocycles. The normalized spacial score (nSPS) is 12.2. The second kappa shape index (κ2) is 13.3. The van der Waals surface area contributed by atoms with E-state index < -0.39 is 0 Å². The van der Waals surface area contributed by atoms with Gasteiger partial charge in [-0.3, -0.25) is 4.90 Å². The summed E-state index contributed by atoms with van der Waals surface area (Å²) in [6, 6.07) is 74.8. The summed E-state index contributed by atoms with van der Waals surface area (Å²) >= 11 is 0. The van der Waals surface area contributed by atoms with Crippen molar-refractivity contribution in [1.29, 1.82) is 0 Å². The molecule has 0 fully saturated rings. The molecule has 5 nitrogen and oxygen atoms in total. The molecule has 0 unspecified atom stereocenters. The zero-order chi connectivity index (χ0) is 38.9. The Morgan fingerprint density at radius 1 is 0.373 bits per heavy atom. The van der Waals surface area contributed by atoms with Gasteiger partial charge < -0.3 is 18.6 Å². The maximum atomic E-state index is 6.68. The molecule has 11 aromatic rings. The summed E-state index contributed by atoms with van der Waals surface area (Å²) < 4.78 is 15.6. The molecular formula is C54H35N3O2. The summed E-state index contributed by atoms with van der Waals surface area (Å²) in [5, 5.41) is 4.59. The quantitative estimate of drug-likeness (QED) is 0.169. The summed E-state index contributed by atoms with van der Waals surface area (Å²) in [5.41, 5.74) is 13.6. The number of para-hydroxylation sites is 7. The van der Waals surface area contributed by atoms with Gasteiger partial charge in [0.05, 0.1) is 28.1 Å². The highest BCUT2D eigenvalue weighted by Crippen LogP contribution is 2.53. The molecule has 1 aliphatic heterocycles. The van der Waals surface area contributed by atoms with Crippen molar-refractivity contribution < 1.29 is 9.15 Å². The van der Waals surface area contributed by atoms with Gasteiger partial charge in [0.25, 0.3) is 0 Å². The predicted molar refractivity (Wildman–Crippen MR) is 243 cm³/mol. The molecule has 12 rings (SSSR count). The van der Waals surface area contributed by atoms with Gasteiger partial charge in [-0.2, -0.15) is 0 Å². The number of benzene rings is 9. The molecule has 0 radical (unpaired) electrons. The molecule has 0 spiro atoms. The zero-order valence-corrected chi connectivity index (χ0v) is 31.9. The number of rotatable bonds is 6. The average Bonchev–Trinajstić information content (AvgIpc) is 3.85. The molecule has 5 heteroatoms. The van der Waals surface area contributed by atoms with E-state index in [1.54, 1.807) is 0 Å². The molecule has 0 bridgehead atoms. The Morgan fingerprint density at radius 2 is 0.966 bits per heavy atom. The maximum Gasteiger partial charge on any atom is 0.159 e. The summed E-state index contributed by atoms with van der Waals surface area (Å²) in [6.45, 7) is 0. The number of hydrogen-bond donors (Lipinski definition) is 0. The van der Waals surface area contributed by atoms with Crippen molar-refractivity contribution in [3.05, 3.63) is 212 Å². The van der Waals surface area contributed by atoms with Gasteiger partial charge in [-0.05, 0) is 114 Å². The topological polar surface area (TPSA) is 33.8 Å². The second-order valence-electron chi connectivity index (χ2n) is 14.9. The third-order valence-corrected chi connectivity index (χ3v) is 11.6. The Bertz CT molecular complexity index is 3330. The number of anilines is 6. The van der Waals surface area contributed by atoms with Crippen LogP contribution in [0.2, 0.25) is 0 Å². The Labute approximate surface area is 340 Å². The first-order valence-corrected chi connectivity index (χ1v) is 19.9. The minimum Gasteiger partial charge on any atom is -0.454 e. The van der Waals surface area contributed by atoms with E-state index in [1.165, 1.54) is 10.8 Å². The summed E-state index contributed by atoms with van der Waals surface area (Å²) in [6.07, 6.45) is 0. The van der Waals surface area contributed by atoms with Gasteiger partial charge in [0.1, 0.15) is 5.58 Å². The standard InChI is InChI=1S/C54H35N3O2/c1-3-14-38(15-4-1)55(39-16-5-2-6-17-39)40-28-30-41(31-29-40)56-46-21-9-7-18-42(46)45-34-36(26-32-47(45)56)37-27-33-49-53(35-37)58-52-25-12-10-22-48(52)57(49)50-23-13-20-44-43-19-8-11-24-51(43)59-54(44)50/h1-35H. The van der Waals surface area contributed by atoms with Crippen LogP contribution in [0.3, 0.4) is 0 Å². The number of aromatic nitrogens is 1. The minimum absolute atomic E-state index is 0.789. The van der Waals surface area contributed by atoms with Crippen LogP contribution in [0.15, 0.2) is 217 Å². The SMILES string of the molecule is c1ccc(N(c2ccccc2)c2ccc(-n3c4ccccc4c4cc(-c5ccc6c(c5)Oc5ccccc5N6c5cccc6c5oc5ccccc56)ccc43)cc2)cc1. The van der Waals surface area contributed by atoms with Crippen LogP contribution in [0.1, 0.15) is 0 Å². The number of nitrogens with zero attached hydrogens (tertiary/aromatic N) is 3. The molecule has 3 heterocycles. The van der Waals surface area contributed by atoms with Crippen LogP contribution >= 0.6 is 0 Å². The van der Waals surface area contributed by atoms with Gasteiger partial charge in [0.2, 0.25) is 0 Å². The van der Waals surface area contributed by atoms with Crippen LogP contribution in [0.4, 0.5) is 34.1 Å². The second-order valence-corrected chi connectivity index (χ2v) is 14.9. The van der Waals surface area contributed by atoms with E-state index in [0.29, 0.717) is 0 Å². The highest BCUT2D eigenvalue weighted by molar-refractivity contribution is 6.12. The van der Waals surface area contributed by atoms with Crippen molar-refractivity contribution in [3.63, 3.8) is 0 Å². The van der Waals surface area contributed by atoms with Crippen molar-refractivity contribution in [2.24, 2.45) is 0 Å².